The average molecular weight is 360 g/mol. The van der Waals surface area contributed by atoms with Crippen molar-refractivity contribution in [3.63, 3.8) is 0 Å². The molecular formula is C17H16N2O7. The lowest BCUT2D eigenvalue weighted by molar-refractivity contribution is -0.384. The summed E-state index contributed by atoms with van der Waals surface area (Å²) in [5.41, 5.74) is -0.0213. The normalized spacial score (nSPS) is 9.92. The predicted molar refractivity (Wildman–Crippen MR) is 91.6 cm³/mol. The lowest BCUT2D eigenvalue weighted by Crippen LogP contribution is -2.21. The molecule has 1 N–H and O–H groups in total. The highest BCUT2D eigenvalue weighted by Gasteiger charge is 2.20. The zero-order valence-corrected chi connectivity index (χ0v) is 14.1. The van der Waals surface area contributed by atoms with Gasteiger partial charge in [-0.05, 0) is 18.2 Å². The standard InChI is InChI=1S/C17H16N2O7/c1-24-14-8-7-11(19(22)23)9-12(14)17(21)26-10-16(20)18-13-5-3-4-6-15(13)25-2/h3-9H,10H2,1-2H3,(H,18,20). The number of carbonyl (C=O) groups excluding carboxylic acids is 2. The largest absolute Gasteiger partial charge is 0.496 e. The zero-order valence-electron chi connectivity index (χ0n) is 14.1. The molecule has 2 aromatic carbocycles. The van der Waals surface area contributed by atoms with E-state index in [1.807, 2.05) is 0 Å². The number of non-ortho nitro benzene ring substituents is 1. The van der Waals surface area contributed by atoms with Crippen molar-refractivity contribution >= 4 is 23.3 Å². The Balaban J connectivity index is 2.05. The van der Waals surface area contributed by atoms with Crippen LogP contribution in [0.5, 0.6) is 11.5 Å². The van der Waals surface area contributed by atoms with Crippen LogP contribution in [0.4, 0.5) is 11.4 Å². The van der Waals surface area contributed by atoms with Gasteiger partial charge in [0.25, 0.3) is 11.6 Å². The summed E-state index contributed by atoms with van der Waals surface area (Å²) in [5.74, 6) is -0.953. The topological polar surface area (TPSA) is 117 Å². The molecule has 0 fully saturated rings. The molecule has 0 aliphatic carbocycles. The first-order valence-corrected chi connectivity index (χ1v) is 7.38. The fraction of sp³-hybridized carbons (Fsp3) is 0.176. The molecule has 26 heavy (non-hydrogen) atoms. The van der Waals surface area contributed by atoms with Gasteiger partial charge in [0.1, 0.15) is 17.1 Å². The van der Waals surface area contributed by atoms with Crippen molar-refractivity contribution in [1.29, 1.82) is 0 Å². The predicted octanol–water partition coefficient (Wildman–Crippen LogP) is 2.41. The van der Waals surface area contributed by atoms with E-state index in [1.165, 1.54) is 26.4 Å². The summed E-state index contributed by atoms with van der Waals surface area (Å²) in [5, 5.41) is 13.4. The van der Waals surface area contributed by atoms with E-state index in [1.54, 1.807) is 24.3 Å². The molecule has 9 heteroatoms. The van der Waals surface area contributed by atoms with Crippen LogP contribution in [-0.4, -0.2) is 37.6 Å². The van der Waals surface area contributed by atoms with Gasteiger partial charge in [0, 0.05) is 12.1 Å². The lowest BCUT2D eigenvalue weighted by Gasteiger charge is -2.11. The van der Waals surface area contributed by atoms with Gasteiger partial charge in [-0.3, -0.25) is 14.9 Å². The van der Waals surface area contributed by atoms with Crippen molar-refractivity contribution in [3.8, 4) is 11.5 Å². The van der Waals surface area contributed by atoms with E-state index in [0.717, 1.165) is 6.07 Å². The minimum Gasteiger partial charge on any atom is -0.496 e. The SMILES string of the molecule is COc1ccccc1NC(=O)COC(=O)c1cc([N+](=O)[O-])ccc1OC. The summed E-state index contributed by atoms with van der Waals surface area (Å²) in [6, 6.07) is 10.2. The summed E-state index contributed by atoms with van der Waals surface area (Å²) in [7, 11) is 2.77. The maximum atomic E-state index is 12.1. The number of anilines is 1. The Hall–Kier alpha value is -3.62. The van der Waals surface area contributed by atoms with Gasteiger partial charge in [-0.15, -0.1) is 0 Å². The Morgan fingerprint density at radius 2 is 1.77 bits per heavy atom. The molecule has 0 aromatic heterocycles. The third-order valence-electron chi connectivity index (χ3n) is 3.33. The molecule has 2 rings (SSSR count). The third-order valence-corrected chi connectivity index (χ3v) is 3.33. The maximum Gasteiger partial charge on any atom is 0.342 e. The number of nitro benzene ring substituents is 1. The molecule has 0 bridgehead atoms. The first-order chi connectivity index (χ1) is 12.5. The smallest absolute Gasteiger partial charge is 0.342 e. The van der Waals surface area contributed by atoms with Crippen molar-refractivity contribution in [2.45, 2.75) is 0 Å². The Bertz CT molecular complexity index is 836. The number of para-hydroxylation sites is 2. The third kappa shape index (κ3) is 4.47. The minimum absolute atomic E-state index is 0.103. The second-order valence-corrected chi connectivity index (χ2v) is 4.97. The monoisotopic (exact) mass is 360 g/mol. The van der Waals surface area contributed by atoms with Crippen LogP contribution in [0.15, 0.2) is 42.5 Å². The van der Waals surface area contributed by atoms with E-state index in [0.29, 0.717) is 11.4 Å². The van der Waals surface area contributed by atoms with E-state index >= 15 is 0 Å². The average Bonchev–Trinajstić information content (AvgIpc) is 2.65. The highest BCUT2D eigenvalue weighted by Crippen LogP contribution is 2.25. The molecule has 0 spiro atoms. The molecule has 2 aromatic rings. The van der Waals surface area contributed by atoms with Crippen molar-refractivity contribution in [2.24, 2.45) is 0 Å². The van der Waals surface area contributed by atoms with Gasteiger partial charge < -0.3 is 19.5 Å². The second kappa shape index (κ2) is 8.47. The van der Waals surface area contributed by atoms with Gasteiger partial charge in [-0.1, -0.05) is 12.1 Å². The molecule has 0 radical (unpaired) electrons. The molecule has 0 heterocycles. The number of amides is 1. The number of ether oxygens (including phenoxy) is 3. The maximum absolute atomic E-state index is 12.1. The number of nitrogens with zero attached hydrogens (tertiary/aromatic N) is 1. The molecule has 9 nitrogen and oxygen atoms in total. The fourth-order valence-corrected chi connectivity index (χ4v) is 2.11. The van der Waals surface area contributed by atoms with Gasteiger partial charge in [0.05, 0.1) is 24.8 Å². The van der Waals surface area contributed by atoms with E-state index in [4.69, 9.17) is 14.2 Å². The Morgan fingerprint density at radius 3 is 2.42 bits per heavy atom. The quantitative estimate of drug-likeness (QED) is 0.458. The van der Waals surface area contributed by atoms with E-state index in [9.17, 15) is 19.7 Å². The molecule has 1 amide bonds. The zero-order chi connectivity index (χ0) is 19.1. The Kier molecular flexibility index (Phi) is 6.10. The van der Waals surface area contributed by atoms with Crippen LogP contribution >= 0.6 is 0 Å². The Labute approximate surface area is 148 Å². The highest BCUT2D eigenvalue weighted by molar-refractivity contribution is 5.97. The van der Waals surface area contributed by atoms with Crippen LogP contribution in [0, 0.1) is 10.1 Å². The van der Waals surface area contributed by atoms with Crippen LogP contribution in [0.25, 0.3) is 0 Å². The number of rotatable bonds is 7. The molecule has 0 saturated carbocycles. The van der Waals surface area contributed by atoms with Gasteiger partial charge in [0.2, 0.25) is 0 Å². The summed E-state index contributed by atoms with van der Waals surface area (Å²) >= 11 is 0. The van der Waals surface area contributed by atoms with Crippen molar-refractivity contribution in [2.75, 3.05) is 26.1 Å². The summed E-state index contributed by atoms with van der Waals surface area (Å²) in [6.07, 6.45) is 0. The van der Waals surface area contributed by atoms with Gasteiger partial charge in [-0.25, -0.2) is 4.79 Å². The number of carbonyl (C=O) groups is 2. The molecule has 0 atom stereocenters. The van der Waals surface area contributed by atoms with E-state index in [2.05, 4.69) is 5.32 Å². The number of hydrogen-bond donors (Lipinski definition) is 1. The van der Waals surface area contributed by atoms with Crippen molar-refractivity contribution < 1.29 is 28.7 Å². The van der Waals surface area contributed by atoms with Crippen LogP contribution in [-0.2, 0) is 9.53 Å². The van der Waals surface area contributed by atoms with Crippen molar-refractivity contribution in [1.82, 2.24) is 0 Å². The minimum atomic E-state index is -0.916. The van der Waals surface area contributed by atoms with Gasteiger partial charge >= 0.3 is 5.97 Å². The molecular weight excluding hydrogens is 344 g/mol. The van der Waals surface area contributed by atoms with Crippen molar-refractivity contribution in [3.05, 3.63) is 58.1 Å². The number of nitro groups is 1. The highest BCUT2D eigenvalue weighted by atomic mass is 16.6. The first-order valence-electron chi connectivity index (χ1n) is 7.38. The second-order valence-electron chi connectivity index (χ2n) is 4.97. The van der Waals surface area contributed by atoms with Crippen LogP contribution in [0.3, 0.4) is 0 Å². The fourth-order valence-electron chi connectivity index (χ4n) is 2.11. The van der Waals surface area contributed by atoms with Crippen LogP contribution < -0.4 is 14.8 Å². The van der Waals surface area contributed by atoms with Gasteiger partial charge in [-0.2, -0.15) is 0 Å². The number of methoxy groups -OCH3 is 2. The number of hydrogen-bond acceptors (Lipinski definition) is 7. The summed E-state index contributed by atoms with van der Waals surface area (Å²) in [6.45, 7) is -0.581. The summed E-state index contributed by atoms with van der Waals surface area (Å²) in [4.78, 5) is 34.3. The van der Waals surface area contributed by atoms with Gasteiger partial charge in [0.15, 0.2) is 6.61 Å². The molecule has 0 aliphatic heterocycles. The van der Waals surface area contributed by atoms with Crippen LogP contribution in [0.2, 0.25) is 0 Å². The number of benzene rings is 2. The van der Waals surface area contributed by atoms with E-state index in [-0.39, 0.29) is 17.0 Å². The molecule has 0 unspecified atom stereocenters. The summed E-state index contributed by atoms with van der Waals surface area (Å²) < 4.78 is 15.0. The number of esters is 1. The van der Waals surface area contributed by atoms with E-state index < -0.39 is 23.4 Å². The lowest BCUT2D eigenvalue weighted by atomic mass is 10.2. The molecule has 0 saturated heterocycles. The van der Waals surface area contributed by atoms with Crippen LogP contribution in [0.1, 0.15) is 10.4 Å². The first kappa shape index (κ1) is 18.7. The Morgan fingerprint density at radius 1 is 1.08 bits per heavy atom. The molecule has 0 aliphatic rings. The molecule has 136 valence electrons. The number of nitrogens with one attached hydrogen (secondary N) is 1.